The lowest BCUT2D eigenvalue weighted by atomic mass is 9.71. The largest absolute Gasteiger partial charge is 0.317 e. The van der Waals surface area contributed by atoms with Gasteiger partial charge in [-0.05, 0) is 61.2 Å². The fourth-order valence-electron chi connectivity index (χ4n) is 3.47. The molecule has 1 nitrogen and oxygen atoms in total. The second-order valence-electron chi connectivity index (χ2n) is 6.19. The van der Waals surface area contributed by atoms with Gasteiger partial charge in [0.2, 0.25) is 0 Å². The van der Waals surface area contributed by atoms with Crippen molar-refractivity contribution in [3.63, 3.8) is 0 Å². The van der Waals surface area contributed by atoms with E-state index in [4.69, 9.17) is 0 Å². The minimum absolute atomic E-state index is 0.759. The molecule has 2 rings (SSSR count). The third kappa shape index (κ3) is 3.82. The number of hydrogen-bond donors (Lipinski definition) is 1. The molecule has 1 aliphatic carbocycles. The van der Waals surface area contributed by atoms with E-state index in [1.54, 1.807) is 5.56 Å². The van der Waals surface area contributed by atoms with Crippen molar-refractivity contribution < 1.29 is 0 Å². The monoisotopic (exact) mass is 259 g/mol. The lowest BCUT2D eigenvalue weighted by Crippen LogP contribution is -2.31. The summed E-state index contributed by atoms with van der Waals surface area (Å²) in [7, 11) is 0. The van der Waals surface area contributed by atoms with Gasteiger partial charge in [-0.25, -0.2) is 0 Å². The molecule has 0 bridgehead atoms. The number of aryl methyl sites for hydroxylation is 1. The number of benzene rings is 1. The molecule has 0 saturated heterocycles. The maximum atomic E-state index is 3.56. The molecule has 3 atom stereocenters. The average molecular weight is 259 g/mol. The molecule has 0 aliphatic heterocycles. The Morgan fingerprint density at radius 3 is 2.79 bits per heavy atom. The normalized spacial score (nSPS) is 27.4. The van der Waals surface area contributed by atoms with Gasteiger partial charge in [-0.3, -0.25) is 0 Å². The summed E-state index contributed by atoms with van der Waals surface area (Å²) in [6.45, 7) is 9.15. The van der Waals surface area contributed by atoms with Gasteiger partial charge < -0.3 is 5.32 Å². The predicted octanol–water partition coefficient (Wildman–Crippen LogP) is 4.38. The van der Waals surface area contributed by atoms with Gasteiger partial charge in [0.05, 0.1) is 0 Å². The Morgan fingerprint density at radius 2 is 2.05 bits per heavy atom. The van der Waals surface area contributed by atoms with E-state index in [-0.39, 0.29) is 0 Å². The Bertz CT molecular complexity index is 383. The van der Waals surface area contributed by atoms with Gasteiger partial charge >= 0.3 is 0 Å². The van der Waals surface area contributed by atoms with Gasteiger partial charge in [0.25, 0.3) is 0 Å². The summed E-state index contributed by atoms with van der Waals surface area (Å²) in [5.74, 6) is 2.46. The number of rotatable bonds is 5. The molecule has 106 valence electrons. The van der Waals surface area contributed by atoms with Crippen LogP contribution >= 0.6 is 0 Å². The Kier molecular flexibility index (Phi) is 5.45. The van der Waals surface area contributed by atoms with Gasteiger partial charge in [-0.15, -0.1) is 0 Å². The summed E-state index contributed by atoms with van der Waals surface area (Å²) >= 11 is 0. The van der Waals surface area contributed by atoms with Gasteiger partial charge in [0.1, 0.15) is 0 Å². The highest BCUT2D eigenvalue weighted by Crippen LogP contribution is 2.40. The molecular formula is C18H29N. The molecule has 1 N–H and O–H groups in total. The zero-order valence-electron chi connectivity index (χ0n) is 12.8. The summed E-state index contributed by atoms with van der Waals surface area (Å²) in [5.41, 5.74) is 3.06. The van der Waals surface area contributed by atoms with Crippen LogP contribution in [0.15, 0.2) is 24.3 Å². The third-order valence-corrected chi connectivity index (χ3v) is 4.70. The van der Waals surface area contributed by atoms with E-state index in [2.05, 4.69) is 50.4 Å². The van der Waals surface area contributed by atoms with Crippen LogP contribution in [0.4, 0.5) is 0 Å². The van der Waals surface area contributed by atoms with E-state index in [1.165, 1.54) is 31.4 Å². The van der Waals surface area contributed by atoms with Crippen LogP contribution in [0.5, 0.6) is 0 Å². The summed E-state index contributed by atoms with van der Waals surface area (Å²) < 4.78 is 0. The highest BCUT2D eigenvalue weighted by atomic mass is 14.8. The summed E-state index contributed by atoms with van der Waals surface area (Å²) in [4.78, 5) is 0. The third-order valence-electron chi connectivity index (χ3n) is 4.70. The summed E-state index contributed by atoms with van der Waals surface area (Å²) in [5, 5.41) is 3.56. The van der Waals surface area contributed by atoms with Crippen molar-refractivity contribution in [2.24, 2.45) is 11.8 Å². The lowest BCUT2D eigenvalue weighted by Gasteiger charge is -2.35. The molecule has 0 aromatic heterocycles. The van der Waals surface area contributed by atoms with Crippen LogP contribution in [0.2, 0.25) is 0 Å². The van der Waals surface area contributed by atoms with Crippen molar-refractivity contribution in [3.05, 3.63) is 35.4 Å². The van der Waals surface area contributed by atoms with Crippen LogP contribution in [0.1, 0.15) is 57.1 Å². The van der Waals surface area contributed by atoms with E-state index in [1.807, 2.05) is 0 Å². The topological polar surface area (TPSA) is 12.0 Å². The first-order valence-electron chi connectivity index (χ1n) is 8.04. The maximum absolute atomic E-state index is 3.56. The standard InChI is InChI=1S/C18H29N/c1-4-15-7-6-8-16(12-15)18-11-14(3)9-10-17(18)13-19-5-2/h6-8,12,14,17-19H,4-5,9-11,13H2,1-3H3. The second-order valence-corrected chi connectivity index (χ2v) is 6.19. The zero-order chi connectivity index (χ0) is 13.7. The molecule has 0 amide bonds. The quantitative estimate of drug-likeness (QED) is 0.827. The first kappa shape index (κ1) is 14.6. The molecule has 1 saturated carbocycles. The Hall–Kier alpha value is -0.820. The lowest BCUT2D eigenvalue weighted by molar-refractivity contribution is 0.242. The van der Waals surface area contributed by atoms with E-state index < -0.39 is 0 Å². The molecule has 19 heavy (non-hydrogen) atoms. The van der Waals surface area contributed by atoms with Crippen molar-refractivity contribution >= 4 is 0 Å². The van der Waals surface area contributed by atoms with Gasteiger partial charge in [0, 0.05) is 0 Å². The summed E-state index contributed by atoms with van der Waals surface area (Å²) in [6, 6.07) is 9.30. The minimum atomic E-state index is 0.759. The smallest absolute Gasteiger partial charge is 0.00148 e. The van der Waals surface area contributed by atoms with Crippen molar-refractivity contribution in [3.8, 4) is 0 Å². The highest BCUT2D eigenvalue weighted by Gasteiger charge is 2.29. The molecule has 1 aromatic rings. The van der Waals surface area contributed by atoms with Crippen molar-refractivity contribution in [2.45, 2.75) is 52.4 Å². The molecule has 1 aliphatic rings. The van der Waals surface area contributed by atoms with Crippen molar-refractivity contribution in [1.82, 2.24) is 5.32 Å². The van der Waals surface area contributed by atoms with Crippen molar-refractivity contribution in [2.75, 3.05) is 13.1 Å². The van der Waals surface area contributed by atoms with Gasteiger partial charge in [-0.2, -0.15) is 0 Å². The van der Waals surface area contributed by atoms with Crippen LogP contribution in [0.25, 0.3) is 0 Å². The second kappa shape index (κ2) is 7.09. The van der Waals surface area contributed by atoms with Gasteiger partial charge in [-0.1, -0.05) is 51.5 Å². The number of nitrogens with one attached hydrogen (secondary N) is 1. The highest BCUT2D eigenvalue weighted by molar-refractivity contribution is 5.27. The first-order chi connectivity index (χ1) is 9.24. The minimum Gasteiger partial charge on any atom is -0.317 e. The molecular weight excluding hydrogens is 230 g/mol. The SMILES string of the molecule is CCNCC1CCC(C)CC1c1cccc(CC)c1. The van der Waals surface area contributed by atoms with Crippen LogP contribution < -0.4 is 5.32 Å². The fourth-order valence-corrected chi connectivity index (χ4v) is 3.47. The van der Waals surface area contributed by atoms with Crippen LogP contribution in [0, 0.1) is 11.8 Å². The van der Waals surface area contributed by atoms with E-state index in [0.29, 0.717) is 0 Å². The molecule has 0 heterocycles. The van der Waals surface area contributed by atoms with Crippen LogP contribution in [-0.4, -0.2) is 13.1 Å². The molecule has 1 aromatic carbocycles. The van der Waals surface area contributed by atoms with Crippen LogP contribution in [-0.2, 0) is 6.42 Å². The molecule has 0 radical (unpaired) electrons. The van der Waals surface area contributed by atoms with E-state index in [9.17, 15) is 0 Å². The molecule has 1 fully saturated rings. The molecule has 0 spiro atoms. The molecule has 1 heteroatoms. The first-order valence-corrected chi connectivity index (χ1v) is 8.04. The fraction of sp³-hybridized carbons (Fsp3) is 0.667. The predicted molar refractivity (Wildman–Crippen MR) is 83.6 cm³/mol. The van der Waals surface area contributed by atoms with E-state index in [0.717, 1.165) is 30.7 Å². The Balaban J connectivity index is 2.15. The summed E-state index contributed by atoms with van der Waals surface area (Å²) in [6.07, 6.45) is 5.30. The average Bonchev–Trinajstić information content (AvgIpc) is 2.46. The molecule has 3 unspecified atom stereocenters. The van der Waals surface area contributed by atoms with Crippen molar-refractivity contribution in [1.29, 1.82) is 0 Å². The number of hydrogen-bond acceptors (Lipinski definition) is 1. The van der Waals surface area contributed by atoms with Crippen LogP contribution in [0.3, 0.4) is 0 Å². The van der Waals surface area contributed by atoms with Gasteiger partial charge in [0.15, 0.2) is 0 Å². The maximum Gasteiger partial charge on any atom is -0.00148 e. The zero-order valence-corrected chi connectivity index (χ0v) is 12.8. The van der Waals surface area contributed by atoms with E-state index >= 15 is 0 Å². The Labute approximate surface area is 118 Å². The Morgan fingerprint density at radius 1 is 1.21 bits per heavy atom.